The summed E-state index contributed by atoms with van der Waals surface area (Å²) in [5, 5.41) is 2.36. The Bertz CT molecular complexity index is 886. The van der Waals surface area contributed by atoms with Crippen molar-refractivity contribution in [2.24, 2.45) is 0 Å². The molecule has 0 spiro atoms. The first kappa shape index (κ1) is 20.5. The maximum absolute atomic E-state index is 12.7. The molecule has 27 heavy (non-hydrogen) atoms. The molecule has 1 atom stereocenters. The van der Waals surface area contributed by atoms with Crippen LogP contribution in [0.1, 0.15) is 29.7 Å². The van der Waals surface area contributed by atoms with Crippen LogP contribution < -0.4 is 10.9 Å². The highest BCUT2D eigenvalue weighted by molar-refractivity contribution is 5.76. The third kappa shape index (κ3) is 5.11. The van der Waals surface area contributed by atoms with Crippen molar-refractivity contribution in [1.82, 2.24) is 9.88 Å². The number of rotatable bonds is 4. The lowest BCUT2D eigenvalue weighted by molar-refractivity contribution is -0.139. The monoisotopic (exact) mass is 392 g/mol. The molecule has 146 valence electrons. The molecule has 0 aliphatic carbocycles. The summed E-state index contributed by atoms with van der Waals surface area (Å²) in [6, 6.07) is 5.02. The molecule has 2 rings (SSSR count). The average Bonchev–Trinajstić information content (AvgIpc) is 2.55. The first-order valence-corrected chi connectivity index (χ1v) is 7.63. The van der Waals surface area contributed by atoms with Crippen molar-refractivity contribution in [2.75, 3.05) is 0 Å². The first-order chi connectivity index (χ1) is 12.4. The Hall–Kier alpha value is -2.78. The maximum atomic E-state index is 12.7. The van der Waals surface area contributed by atoms with Crippen LogP contribution in [-0.2, 0) is 23.7 Å². The number of alkyl halides is 6. The summed E-state index contributed by atoms with van der Waals surface area (Å²) in [6.07, 6.45) is -8.39. The number of aromatic nitrogens is 1. The molecule has 0 saturated heterocycles. The Labute approximate surface area is 149 Å². The second kappa shape index (κ2) is 7.45. The maximum Gasteiger partial charge on any atom is 0.421 e. The van der Waals surface area contributed by atoms with Gasteiger partial charge in [0, 0.05) is 6.20 Å². The molecule has 0 fully saturated rings. The number of amides is 1. The molecule has 1 aromatic carbocycles. The van der Waals surface area contributed by atoms with E-state index >= 15 is 0 Å². The van der Waals surface area contributed by atoms with Crippen molar-refractivity contribution < 1.29 is 31.1 Å². The highest BCUT2D eigenvalue weighted by Crippen LogP contribution is 2.30. The second-order valence-electron chi connectivity index (χ2n) is 5.77. The van der Waals surface area contributed by atoms with Gasteiger partial charge in [-0.3, -0.25) is 9.59 Å². The Kier molecular flexibility index (Phi) is 5.67. The molecule has 4 nitrogen and oxygen atoms in total. The zero-order valence-electron chi connectivity index (χ0n) is 13.9. The van der Waals surface area contributed by atoms with Crippen LogP contribution in [0.5, 0.6) is 0 Å². The summed E-state index contributed by atoms with van der Waals surface area (Å²) in [7, 11) is 0. The Morgan fingerprint density at radius 3 is 2.33 bits per heavy atom. The van der Waals surface area contributed by atoms with Gasteiger partial charge in [0.15, 0.2) is 0 Å². The predicted molar refractivity (Wildman–Crippen MR) is 83.7 cm³/mol. The molecule has 1 heterocycles. The van der Waals surface area contributed by atoms with Gasteiger partial charge in [0.25, 0.3) is 5.56 Å². The van der Waals surface area contributed by atoms with Crippen LogP contribution in [0.25, 0.3) is 0 Å². The van der Waals surface area contributed by atoms with Crippen molar-refractivity contribution in [2.45, 2.75) is 31.9 Å². The number of hydrogen-bond donors (Lipinski definition) is 1. The quantitative estimate of drug-likeness (QED) is 0.806. The van der Waals surface area contributed by atoms with E-state index in [9.17, 15) is 35.9 Å². The summed E-state index contributed by atoms with van der Waals surface area (Å²) in [4.78, 5) is 23.8. The van der Waals surface area contributed by atoms with Crippen LogP contribution in [0, 0.1) is 0 Å². The number of halogens is 6. The molecule has 0 saturated carbocycles. The fourth-order valence-corrected chi connectivity index (χ4v) is 2.39. The van der Waals surface area contributed by atoms with Gasteiger partial charge < -0.3 is 9.88 Å². The van der Waals surface area contributed by atoms with Gasteiger partial charge in [-0.1, -0.05) is 12.1 Å². The SMILES string of the molecule is CC(NC(=O)Cn1cccc(C(F)(F)F)c1=O)c1cccc(C(F)(F)F)c1. The van der Waals surface area contributed by atoms with Crippen LogP contribution in [0.2, 0.25) is 0 Å². The van der Waals surface area contributed by atoms with E-state index < -0.39 is 47.5 Å². The van der Waals surface area contributed by atoms with Gasteiger partial charge in [0.05, 0.1) is 11.6 Å². The van der Waals surface area contributed by atoms with Crippen LogP contribution in [0.3, 0.4) is 0 Å². The van der Waals surface area contributed by atoms with Gasteiger partial charge in [-0.05, 0) is 36.8 Å². The summed E-state index contributed by atoms with van der Waals surface area (Å²) < 4.78 is 77.0. The van der Waals surface area contributed by atoms with Crippen molar-refractivity contribution in [3.63, 3.8) is 0 Å². The van der Waals surface area contributed by atoms with E-state index in [2.05, 4.69) is 5.32 Å². The molecule has 1 aromatic heterocycles. The lowest BCUT2D eigenvalue weighted by Crippen LogP contribution is -2.35. The van der Waals surface area contributed by atoms with E-state index in [0.29, 0.717) is 10.6 Å². The molecule has 0 bridgehead atoms. The Morgan fingerprint density at radius 2 is 1.74 bits per heavy atom. The molecule has 2 aromatic rings. The topological polar surface area (TPSA) is 51.1 Å². The third-order valence-electron chi connectivity index (χ3n) is 3.73. The molecule has 0 aliphatic heterocycles. The lowest BCUT2D eigenvalue weighted by Gasteiger charge is -2.17. The zero-order chi connectivity index (χ0) is 20.4. The van der Waals surface area contributed by atoms with Crippen molar-refractivity contribution in [3.05, 3.63) is 69.6 Å². The zero-order valence-corrected chi connectivity index (χ0v) is 13.9. The van der Waals surface area contributed by atoms with Gasteiger partial charge in [-0.2, -0.15) is 26.3 Å². The molecule has 1 amide bonds. The molecular weight excluding hydrogens is 378 g/mol. The summed E-state index contributed by atoms with van der Waals surface area (Å²) in [5.74, 6) is -0.818. The fraction of sp³-hybridized carbons (Fsp3) is 0.294. The van der Waals surface area contributed by atoms with Gasteiger partial charge in [0.1, 0.15) is 12.1 Å². The van der Waals surface area contributed by atoms with Gasteiger partial charge in [-0.15, -0.1) is 0 Å². The molecule has 0 aliphatic rings. The number of carbonyl (C=O) groups is 1. The van der Waals surface area contributed by atoms with Gasteiger partial charge in [-0.25, -0.2) is 0 Å². The Balaban J connectivity index is 2.14. The minimum atomic E-state index is -4.86. The lowest BCUT2D eigenvalue weighted by atomic mass is 10.0. The van der Waals surface area contributed by atoms with Crippen LogP contribution in [0.15, 0.2) is 47.4 Å². The van der Waals surface area contributed by atoms with Crippen LogP contribution in [0.4, 0.5) is 26.3 Å². The number of pyridine rings is 1. The van der Waals surface area contributed by atoms with E-state index in [-0.39, 0.29) is 5.56 Å². The summed E-state index contributed by atoms with van der Waals surface area (Å²) in [5.41, 5.74) is -3.53. The van der Waals surface area contributed by atoms with E-state index in [0.717, 1.165) is 24.4 Å². The van der Waals surface area contributed by atoms with Crippen molar-refractivity contribution in [3.8, 4) is 0 Å². The minimum Gasteiger partial charge on any atom is -0.348 e. The van der Waals surface area contributed by atoms with Crippen LogP contribution in [-0.4, -0.2) is 10.5 Å². The Morgan fingerprint density at radius 1 is 1.07 bits per heavy atom. The molecule has 10 heteroatoms. The standard InChI is InChI=1S/C17H14F6N2O2/c1-10(11-4-2-5-12(8-11)16(18,19)20)24-14(26)9-25-7-3-6-13(15(25)27)17(21,22)23/h2-8,10H,9H2,1H3,(H,24,26). The van der Waals surface area contributed by atoms with Gasteiger partial charge in [0.2, 0.25) is 5.91 Å². The van der Waals surface area contributed by atoms with E-state index in [1.807, 2.05) is 0 Å². The van der Waals surface area contributed by atoms with E-state index in [1.54, 1.807) is 0 Å². The fourth-order valence-electron chi connectivity index (χ4n) is 2.39. The normalized spacial score (nSPS) is 13.3. The third-order valence-corrected chi connectivity index (χ3v) is 3.73. The number of hydrogen-bond acceptors (Lipinski definition) is 2. The second-order valence-corrected chi connectivity index (χ2v) is 5.77. The van der Waals surface area contributed by atoms with E-state index in [1.165, 1.54) is 19.1 Å². The smallest absolute Gasteiger partial charge is 0.348 e. The van der Waals surface area contributed by atoms with Crippen LogP contribution >= 0.6 is 0 Å². The highest BCUT2D eigenvalue weighted by Gasteiger charge is 2.34. The van der Waals surface area contributed by atoms with Crippen molar-refractivity contribution in [1.29, 1.82) is 0 Å². The predicted octanol–water partition coefficient (Wildman–Crippen LogP) is 3.76. The number of nitrogens with one attached hydrogen (secondary N) is 1. The van der Waals surface area contributed by atoms with Crippen molar-refractivity contribution >= 4 is 5.91 Å². The largest absolute Gasteiger partial charge is 0.421 e. The number of nitrogens with zero attached hydrogens (tertiary/aromatic N) is 1. The molecule has 1 N–H and O–H groups in total. The summed E-state index contributed by atoms with van der Waals surface area (Å²) in [6.45, 7) is 0.717. The number of carbonyl (C=O) groups excluding carboxylic acids is 1. The first-order valence-electron chi connectivity index (χ1n) is 7.63. The number of benzene rings is 1. The highest BCUT2D eigenvalue weighted by atomic mass is 19.4. The van der Waals surface area contributed by atoms with Gasteiger partial charge >= 0.3 is 12.4 Å². The van der Waals surface area contributed by atoms with E-state index in [4.69, 9.17) is 0 Å². The minimum absolute atomic E-state index is 0.162. The molecular formula is C17H14F6N2O2. The average molecular weight is 392 g/mol. The molecule has 0 radical (unpaired) electrons. The summed E-state index contributed by atoms with van der Waals surface area (Å²) >= 11 is 0. The molecule has 1 unspecified atom stereocenters.